The van der Waals surface area contributed by atoms with Gasteiger partial charge in [-0.25, -0.2) is 4.39 Å². The highest BCUT2D eigenvalue weighted by molar-refractivity contribution is 5.17. The Balaban J connectivity index is 1.89. The molecule has 94 valence electrons. The summed E-state index contributed by atoms with van der Waals surface area (Å²) in [7, 11) is 0. The smallest absolute Gasteiger partial charge is 0.127 e. The number of hydrogen-bond donors (Lipinski definition) is 1. The van der Waals surface area contributed by atoms with Crippen molar-refractivity contribution in [1.82, 2.24) is 5.32 Å². The van der Waals surface area contributed by atoms with Gasteiger partial charge in [-0.1, -0.05) is 25.1 Å². The monoisotopic (exact) mass is 237 g/mol. The minimum atomic E-state index is -0.127. The Hall–Kier alpha value is -0.930. The highest BCUT2D eigenvalue weighted by Gasteiger charge is 2.23. The quantitative estimate of drug-likeness (QED) is 0.850. The molecule has 0 spiro atoms. The second-order valence-electron chi connectivity index (χ2n) is 4.61. The standard InChI is InChI=1S/C14H20FNO/c1-2-14(12-7-8-17-10-12)16-9-11-5-3-4-6-13(11)15/h3-6,12,14,16H,2,7-10H2,1H3. The lowest BCUT2D eigenvalue weighted by molar-refractivity contribution is 0.175. The molecule has 1 heterocycles. The molecule has 0 amide bonds. The molecule has 1 N–H and O–H groups in total. The van der Waals surface area contributed by atoms with Crippen LogP contribution in [0.4, 0.5) is 4.39 Å². The van der Waals surface area contributed by atoms with Crippen molar-refractivity contribution in [2.24, 2.45) is 5.92 Å². The van der Waals surface area contributed by atoms with Crippen molar-refractivity contribution < 1.29 is 9.13 Å². The summed E-state index contributed by atoms with van der Waals surface area (Å²) in [5, 5.41) is 3.45. The molecular formula is C14H20FNO. The average Bonchev–Trinajstić information content (AvgIpc) is 2.86. The van der Waals surface area contributed by atoms with Crippen molar-refractivity contribution in [1.29, 1.82) is 0 Å². The molecule has 0 saturated carbocycles. The minimum absolute atomic E-state index is 0.127. The average molecular weight is 237 g/mol. The predicted molar refractivity (Wildman–Crippen MR) is 66.2 cm³/mol. The first-order valence-electron chi connectivity index (χ1n) is 6.35. The first-order chi connectivity index (χ1) is 8.31. The maximum absolute atomic E-state index is 13.5. The van der Waals surface area contributed by atoms with Crippen LogP contribution in [0, 0.1) is 11.7 Å². The lowest BCUT2D eigenvalue weighted by Gasteiger charge is -2.22. The molecule has 1 aromatic carbocycles. The highest BCUT2D eigenvalue weighted by atomic mass is 19.1. The summed E-state index contributed by atoms with van der Waals surface area (Å²) in [6.07, 6.45) is 2.17. The fourth-order valence-electron chi connectivity index (χ4n) is 2.40. The number of benzene rings is 1. The molecule has 1 aromatic rings. The lowest BCUT2D eigenvalue weighted by atomic mass is 9.96. The van der Waals surface area contributed by atoms with Gasteiger partial charge in [0.25, 0.3) is 0 Å². The summed E-state index contributed by atoms with van der Waals surface area (Å²) in [6, 6.07) is 7.37. The zero-order valence-electron chi connectivity index (χ0n) is 10.3. The van der Waals surface area contributed by atoms with Gasteiger partial charge < -0.3 is 10.1 Å². The Kier molecular flexibility index (Phi) is 4.51. The van der Waals surface area contributed by atoms with E-state index in [1.165, 1.54) is 6.07 Å². The van der Waals surface area contributed by atoms with Crippen LogP contribution in [0.2, 0.25) is 0 Å². The number of halogens is 1. The van der Waals surface area contributed by atoms with Crippen molar-refractivity contribution in [3.63, 3.8) is 0 Å². The van der Waals surface area contributed by atoms with Crippen LogP contribution in [0.5, 0.6) is 0 Å². The lowest BCUT2D eigenvalue weighted by Crippen LogP contribution is -2.35. The van der Waals surface area contributed by atoms with Crippen molar-refractivity contribution in [2.75, 3.05) is 13.2 Å². The molecule has 3 heteroatoms. The summed E-state index contributed by atoms with van der Waals surface area (Å²) in [5.41, 5.74) is 0.741. The van der Waals surface area contributed by atoms with Crippen molar-refractivity contribution in [3.8, 4) is 0 Å². The fraction of sp³-hybridized carbons (Fsp3) is 0.571. The number of rotatable bonds is 5. The predicted octanol–water partition coefficient (Wildman–Crippen LogP) is 2.73. The largest absolute Gasteiger partial charge is 0.381 e. The Bertz CT molecular complexity index is 350. The maximum atomic E-state index is 13.5. The molecule has 2 nitrogen and oxygen atoms in total. The first-order valence-corrected chi connectivity index (χ1v) is 6.35. The van der Waals surface area contributed by atoms with Crippen molar-refractivity contribution in [3.05, 3.63) is 35.6 Å². The van der Waals surface area contributed by atoms with E-state index in [1.54, 1.807) is 6.07 Å². The summed E-state index contributed by atoms with van der Waals surface area (Å²) < 4.78 is 18.9. The van der Waals surface area contributed by atoms with Crippen LogP contribution in [0.1, 0.15) is 25.3 Å². The van der Waals surface area contributed by atoms with E-state index in [-0.39, 0.29) is 5.82 Å². The topological polar surface area (TPSA) is 21.3 Å². The molecule has 0 aliphatic carbocycles. The van der Waals surface area contributed by atoms with E-state index in [0.717, 1.165) is 31.6 Å². The van der Waals surface area contributed by atoms with Gasteiger partial charge in [-0.3, -0.25) is 0 Å². The fourth-order valence-corrected chi connectivity index (χ4v) is 2.40. The summed E-state index contributed by atoms with van der Waals surface area (Å²) >= 11 is 0. The summed E-state index contributed by atoms with van der Waals surface area (Å²) in [4.78, 5) is 0. The molecule has 0 aromatic heterocycles. The second kappa shape index (κ2) is 6.12. The maximum Gasteiger partial charge on any atom is 0.127 e. The molecule has 0 radical (unpaired) electrons. The van der Waals surface area contributed by atoms with Gasteiger partial charge in [0.15, 0.2) is 0 Å². The summed E-state index contributed by atoms with van der Waals surface area (Å²) in [5.74, 6) is 0.448. The molecule has 2 rings (SSSR count). The molecule has 1 saturated heterocycles. The molecule has 1 fully saturated rings. The number of nitrogens with one attached hydrogen (secondary N) is 1. The van der Waals surface area contributed by atoms with Gasteiger partial charge in [0.1, 0.15) is 5.82 Å². The molecule has 17 heavy (non-hydrogen) atoms. The highest BCUT2D eigenvalue weighted by Crippen LogP contribution is 2.19. The summed E-state index contributed by atoms with van der Waals surface area (Å²) in [6.45, 7) is 4.46. The van der Waals surface area contributed by atoms with Crippen LogP contribution in [-0.2, 0) is 11.3 Å². The third-order valence-corrected chi connectivity index (χ3v) is 3.49. The molecule has 1 aliphatic heterocycles. The van der Waals surface area contributed by atoms with Crippen molar-refractivity contribution >= 4 is 0 Å². The van der Waals surface area contributed by atoms with E-state index >= 15 is 0 Å². The van der Waals surface area contributed by atoms with Gasteiger partial charge in [0, 0.05) is 24.8 Å². The zero-order chi connectivity index (χ0) is 12.1. The van der Waals surface area contributed by atoms with Crippen LogP contribution < -0.4 is 5.32 Å². The SMILES string of the molecule is CCC(NCc1ccccc1F)C1CCOC1. The molecule has 0 bridgehead atoms. The van der Waals surface area contributed by atoms with Gasteiger partial charge >= 0.3 is 0 Å². The number of ether oxygens (including phenoxy) is 1. The van der Waals surface area contributed by atoms with E-state index in [4.69, 9.17) is 4.74 Å². The Morgan fingerprint density at radius 3 is 2.94 bits per heavy atom. The molecule has 2 atom stereocenters. The van der Waals surface area contributed by atoms with Crippen LogP contribution in [0.3, 0.4) is 0 Å². The Morgan fingerprint density at radius 1 is 1.47 bits per heavy atom. The molecular weight excluding hydrogens is 217 g/mol. The minimum Gasteiger partial charge on any atom is -0.381 e. The van der Waals surface area contributed by atoms with Crippen molar-refractivity contribution in [2.45, 2.75) is 32.4 Å². The van der Waals surface area contributed by atoms with E-state index < -0.39 is 0 Å². The molecule has 1 aliphatic rings. The Morgan fingerprint density at radius 2 is 2.29 bits per heavy atom. The van der Waals surface area contributed by atoms with E-state index in [1.807, 2.05) is 12.1 Å². The van der Waals surface area contributed by atoms with E-state index in [0.29, 0.717) is 18.5 Å². The normalized spacial score (nSPS) is 21.6. The van der Waals surface area contributed by atoms with Gasteiger partial charge in [-0.15, -0.1) is 0 Å². The van der Waals surface area contributed by atoms with Crippen LogP contribution in [0.25, 0.3) is 0 Å². The van der Waals surface area contributed by atoms with Gasteiger partial charge in [0.2, 0.25) is 0 Å². The third-order valence-electron chi connectivity index (χ3n) is 3.49. The van der Waals surface area contributed by atoms with Crippen LogP contribution >= 0.6 is 0 Å². The first kappa shape index (κ1) is 12.5. The van der Waals surface area contributed by atoms with E-state index in [2.05, 4.69) is 12.2 Å². The number of hydrogen-bond acceptors (Lipinski definition) is 2. The third kappa shape index (κ3) is 3.27. The Labute approximate surface area is 102 Å². The van der Waals surface area contributed by atoms with Crippen LogP contribution in [-0.4, -0.2) is 19.3 Å². The van der Waals surface area contributed by atoms with Crippen LogP contribution in [0.15, 0.2) is 24.3 Å². The van der Waals surface area contributed by atoms with Gasteiger partial charge in [0.05, 0.1) is 6.61 Å². The van der Waals surface area contributed by atoms with Gasteiger partial charge in [-0.05, 0) is 24.8 Å². The second-order valence-corrected chi connectivity index (χ2v) is 4.61. The van der Waals surface area contributed by atoms with E-state index in [9.17, 15) is 4.39 Å². The zero-order valence-corrected chi connectivity index (χ0v) is 10.3. The molecule has 2 unspecified atom stereocenters. The van der Waals surface area contributed by atoms with Gasteiger partial charge in [-0.2, -0.15) is 0 Å².